The van der Waals surface area contributed by atoms with E-state index in [1.54, 1.807) is 18.2 Å². The highest BCUT2D eigenvalue weighted by Gasteiger charge is 2.32. The molecule has 0 radical (unpaired) electrons. The van der Waals surface area contributed by atoms with Crippen LogP contribution in [-0.4, -0.2) is 36.4 Å². The Morgan fingerprint density at radius 1 is 1.35 bits per heavy atom. The molecular weight excluding hydrogens is 261 g/mol. The van der Waals surface area contributed by atoms with Gasteiger partial charge in [-0.25, -0.2) is 4.39 Å². The van der Waals surface area contributed by atoms with Gasteiger partial charge in [-0.05, 0) is 18.7 Å². The van der Waals surface area contributed by atoms with Crippen LogP contribution in [0.2, 0.25) is 0 Å². The zero-order valence-corrected chi connectivity index (χ0v) is 11.2. The smallest absolute Gasteiger partial charge is 0.233 e. The number of nitrogens with zero attached hydrogens (tertiary/aromatic N) is 2. The molecule has 1 saturated heterocycles. The SMILES string of the molecule is CNC1COCC1c1nc(Cc2ccccc2F)no1. The van der Waals surface area contributed by atoms with Crippen LogP contribution in [0.3, 0.4) is 0 Å². The Kier molecular flexibility index (Phi) is 3.75. The van der Waals surface area contributed by atoms with Crippen molar-refractivity contribution in [3.8, 4) is 0 Å². The molecule has 3 rings (SSSR count). The van der Waals surface area contributed by atoms with Crippen molar-refractivity contribution in [1.29, 1.82) is 0 Å². The first-order valence-electron chi connectivity index (χ1n) is 6.59. The van der Waals surface area contributed by atoms with Gasteiger partial charge in [0.15, 0.2) is 5.82 Å². The van der Waals surface area contributed by atoms with E-state index >= 15 is 0 Å². The van der Waals surface area contributed by atoms with Crippen molar-refractivity contribution < 1.29 is 13.7 Å². The van der Waals surface area contributed by atoms with Gasteiger partial charge >= 0.3 is 0 Å². The first-order valence-corrected chi connectivity index (χ1v) is 6.59. The molecule has 0 spiro atoms. The van der Waals surface area contributed by atoms with Gasteiger partial charge in [-0.3, -0.25) is 0 Å². The highest BCUT2D eigenvalue weighted by molar-refractivity contribution is 5.21. The highest BCUT2D eigenvalue weighted by atomic mass is 19.1. The van der Waals surface area contributed by atoms with Crippen molar-refractivity contribution in [3.63, 3.8) is 0 Å². The summed E-state index contributed by atoms with van der Waals surface area (Å²) in [5, 5.41) is 7.10. The Balaban J connectivity index is 1.76. The standard InChI is InChI=1S/C14H16FN3O2/c1-16-12-8-19-7-10(12)14-17-13(18-20-14)6-9-4-2-3-5-11(9)15/h2-5,10,12,16H,6-8H2,1H3. The van der Waals surface area contributed by atoms with E-state index < -0.39 is 0 Å². The van der Waals surface area contributed by atoms with Crippen molar-refractivity contribution in [3.05, 3.63) is 47.4 Å². The second-order valence-corrected chi connectivity index (χ2v) is 4.86. The zero-order valence-electron chi connectivity index (χ0n) is 11.2. The fourth-order valence-corrected chi connectivity index (χ4v) is 2.38. The van der Waals surface area contributed by atoms with E-state index in [4.69, 9.17) is 9.26 Å². The molecule has 1 aliphatic rings. The van der Waals surface area contributed by atoms with Gasteiger partial charge in [-0.15, -0.1) is 0 Å². The molecule has 1 fully saturated rings. The second kappa shape index (κ2) is 5.68. The summed E-state index contributed by atoms with van der Waals surface area (Å²) in [7, 11) is 1.88. The number of hydrogen-bond acceptors (Lipinski definition) is 5. The summed E-state index contributed by atoms with van der Waals surface area (Å²) < 4.78 is 24.3. The summed E-state index contributed by atoms with van der Waals surface area (Å²) in [5.74, 6) is 0.845. The Morgan fingerprint density at radius 2 is 2.20 bits per heavy atom. The van der Waals surface area contributed by atoms with E-state index in [0.29, 0.717) is 36.9 Å². The van der Waals surface area contributed by atoms with Crippen LogP contribution in [0.15, 0.2) is 28.8 Å². The average molecular weight is 277 g/mol. The van der Waals surface area contributed by atoms with Crippen LogP contribution in [0.25, 0.3) is 0 Å². The molecule has 106 valence electrons. The van der Waals surface area contributed by atoms with E-state index in [1.165, 1.54) is 6.07 Å². The Bertz CT molecular complexity index is 587. The molecule has 2 atom stereocenters. The number of likely N-dealkylation sites (N-methyl/N-ethyl adjacent to an activating group) is 1. The molecule has 1 N–H and O–H groups in total. The molecule has 20 heavy (non-hydrogen) atoms. The molecule has 2 aromatic rings. The average Bonchev–Trinajstić information content (AvgIpc) is 3.09. The number of aromatic nitrogens is 2. The van der Waals surface area contributed by atoms with Crippen LogP contribution in [0.5, 0.6) is 0 Å². The van der Waals surface area contributed by atoms with Gasteiger partial charge in [0.25, 0.3) is 0 Å². The lowest BCUT2D eigenvalue weighted by Gasteiger charge is -2.11. The Hall–Kier alpha value is -1.79. The lowest BCUT2D eigenvalue weighted by Crippen LogP contribution is -2.31. The second-order valence-electron chi connectivity index (χ2n) is 4.86. The minimum Gasteiger partial charge on any atom is -0.379 e. The van der Waals surface area contributed by atoms with Crippen molar-refractivity contribution in [2.45, 2.75) is 18.4 Å². The number of benzene rings is 1. The van der Waals surface area contributed by atoms with E-state index in [2.05, 4.69) is 15.5 Å². The number of nitrogens with one attached hydrogen (secondary N) is 1. The summed E-state index contributed by atoms with van der Waals surface area (Å²) in [6, 6.07) is 6.78. The molecule has 0 amide bonds. The van der Waals surface area contributed by atoms with Crippen LogP contribution in [0.4, 0.5) is 4.39 Å². The third kappa shape index (κ3) is 2.57. The fraction of sp³-hybridized carbons (Fsp3) is 0.429. The van der Waals surface area contributed by atoms with Crippen LogP contribution in [-0.2, 0) is 11.2 Å². The molecule has 6 heteroatoms. The molecule has 2 heterocycles. The van der Waals surface area contributed by atoms with E-state index in [1.807, 2.05) is 7.05 Å². The van der Waals surface area contributed by atoms with Gasteiger partial charge in [0.05, 0.1) is 19.1 Å². The topological polar surface area (TPSA) is 60.2 Å². The minimum absolute atomic E-state index is 0.0573. The van der Waals surface area contributed by atoms with Crippen molar-refractivity contribution in [1.82, 2.24) is 15.5 Å². The molecule has 1 aliphatic heterocycles. The monoisotopic (exact) mass is 277 g/mol. The third-order valence-electron chi connectivity index (χ3n) is 3.56. The first kappa shape index (κ1) is 13.2. The number of rotatable bonds is 4. The highest BCUT2D eigenvalue weighted by Crippen LogP contribution is 2.24. The largest absolute Gasteiger partial charge is 0.379 e. The van der Waals surface area contributed by atoms with Crippen LogP contribution < -0.4 is 5.32 Å². The van der Waals surface area contributed by atoms with Gasteiger partial charge in [0.2, 0.25) is 5.89 Å². The lowest BCUT2D eigenvalue weighted by molar-refractivity contribution is 0.185. The molecule has 1 aromatic carbocycles. The lowest BCUT2D eigenvalue weighted by atomic mass is 10.0. The van der Waals surface area contributed by atoms with E-state index in [0.717, 1.165) is 0 Å². The van der Waals surface area contributed by atoms with Gasteiger partial charge in [0.1, 0.15) is 5.82 Å². The quantitative estimate of drug-likeness (QED) is 0.917. The minimum atomic E-state index is -0.254. The summed E-state index contributed by atoms with van der Waals surface area (Å²) in [6.45, 7) is 1.19. The van der Waals surface area contributed by atoms with Gasteiger partial charge in [-0.1, -0.05) is 23.4 Å². The maximum Gasteiger partial charge on any atom is 0.233 e. The molecule has 0 bridgehead atoms. The fourth-order valence-electron chi connectivity index (χ4n) is 2.38. The van der Waals surface area contributed by atoms with Crippen LogP contribution in [0.1, 0.15) is 23.2 Å². The van der Waals surface area contributed by atoms with Gasteiger partial charge in [0, 0.05) is 12.5 Å². The summed E-state index contributed by atoms with van der Waals surface area (Å²) in [4.78, 5) is 4.36. The third-order valence-corrected chi connectivity index (χ3v) is 3.56. The molecule has 0 aliphatic carbocycles. The summed E-state index contributed by atoms with van der Waals surface area (Å²) >= 11 is 0. The zero-order chi connectivity index (χ0) is 13.9. The maximum atomic E-state index is 13.6. The molecular formula is C14H16FN3O2. The normalized spacial score (nSPS) is 22.3. The Labute approximate surface area is 116 Å². The van der Waals surface area contributed by atoms with Crippen molar-refractivity contribution in [2.75, 3.05) is 20.3 Å². The predicted molar refractivity (Wildman–Crippen MR) is 69.9 cm³/mol. The van der Waals surface area contributed by atoms with Crippen molar-refractivity contribution in [2.24, 2.45) is 0 Å². The summed E-state index contributed by atoms with van der Waals surface area (Å²) in [6.07, 6.45) is 0.327. The number of ether oxygens (including phenoxy) is 1. The Morgan fingerprint density at radius 3 is 3.00 bits per heavy atom. The molecule has 0 saturated carbocycles. The van der Waals surface area contributed by atoms with Gasteiger partial charge in [-0.2, -0.15) is 4.98 Å². The number of hydrogen-bond donors (Lipinski definition) is 1. The van der Waals surface area contributed by atoms with Crippen LogP contribution >= 0.6 is 0 Å². The predicted octanol–water partition coefficient (Wildman–Crippen LogP) is 1.50. The first-order chi connectivity index (χ1) is 9.78. The van der Waals surface area contributed by atoms with Crippen molar-refractivity contribution >= 4 is 0 Å². The number of halogens is 1. The summed E-state index contributed by atoms with van der Waals surface area (Å²) in [5.41, 5.74) is 0.563. The molecule has 2 unspecified atom stereocenters. The molecule has 5 nitrogen and oxygen atoms in total. The van der Waals surface area contributed by atoms with Crippen LogP contribution in [0, 0.1) is 5.82 Å². The maximum absolute atomic E-state index is 13.6. The van der Waals surface area contributed by atoms with E-state index in [9.17, 15) is 4.39 Å². The molecule has 1 aromatic heterocycles. The van der Waals surface area contributed by atoms with E-state index in [-0.39, 0.29) is 17.8 Å². The van der Waals surface area contributed by atoms with Gasteiger partial charge < -0.3 is 14.6 Å².